The minimum absolute atomic E-state index is 0.126. The highest BCUT2D eigenvalue weighted by Gasteiger charge is 2.28. The Hall–Kier alpha value is -2.30. The normalized spacial score (nSPS) is 15.3. The van der Waals surface area contributed by atoms with Crippen LogP contribution in [0.3, 0.4) is 0 Å². The van der Waals surface area contributed by atoms with Crippen molar-refractivity contribution in [2.45, 2.75) is 38.8 Å². The number of hydrogen-bond acceptors (Lipinski definition) is 4. The third kappa shape index (κ3) is 5.84. The van der Waals surface area contributed by atoms with E-state index in [4.69, 9.17) is 4.99 Å². The fourth-order valence-electron chi connectivity index (χ4n) is 3.85. The molecule has 0 aromatic heterocycles. The van der Waals surface area contributed by atoms with Gasteiger partial charge in [0.25, 0.3) is 0 Å². The number of fused-ring (bicyclic) bond motifs is 1. The molecule has 0 saturated heterocycles. The summed E-state index contributed by atoms with van der Waals surface area (Å²) in [6, 6.07) is 16.2. The second-order valence-corrected chi connectivity index (χ2v) is 9.05. The molecular formula is C25H33N3O. The van der Waals surface area contributed by atoms with E-state index in [0.717, 1.165) is 42.9 Å². The van der Waals surface area contributed by atoms with Crippen LogP contribution in [0.2, 0.25) is 0 Å². The average Bonchev–Trinajstić information content (AvgIpc) is 2.67. The highest BCUT2D eigenvalue weighted by molar-refractivity contribution is 6.16. The summed E-state index contributed by atoms with van der Waals surface area (Å²) in [5, 5.41) is 0. The number of carbonyl (C=O) groups is 1. The van der Waals surface area contributed by atoms with Crippen LogP contribution in [-0.4, -0.2) is 61.1 Å². The number of carbonyl (C=O) groups excluding carboxylic acids is 1. The van der Waals surface area contributed by atoms with E-state index in [1.165, 1.54) is 11.1 Å². The maximum atomic E-state index is 12.9. The fourth-order valence-corrected chi connectivity index (χ4v) is 3.85. The molecule has 0 unspecified atom stereocenters. The molecule has 0 bridgehead atoms. The monoisotopic (exact) mass is 391 g/mol. The van der Waals surface area contributed by atoms with Crippen LogP contribution in [0.15, 0.2) is 53.5 Å². The average molecular weight is 392 g/mol. The van der Waals surface area contributed by atoms with Crippen molar-refractivity contribution < 1.29 is 4.79 Å². The van der Waals surface area contributed by atoms with E-state index in [1.54, 1.807) is 0 Å². The third-order valence-corrected chi connectivity index (χ3v) is 5.35. The maximum absolute atomic E-state index is 12.9. The standard InChI is InChI=1S/C25H33N3O/c1-25(2)17-21-12-11-19(18-28(5)14-13-27(3)4)15-22(21)23(26-25)16-24(29)20-9-7-6-8-10-20/h6-12,15H,13-14,16-18H2,1-5H3. The predicted molar refractivity (Wildman–Crippen MR) is 121 cm³/mol. The molecule has 29 heavy (non-hydrogen) atoms. The van der Waals surface area contributed by atoms with Gasteiger partial charge in [0.2, 0.25) is 0 Å². The minimum Gasteiger partial charge on any atom is -0.308 e. The molecular weight excluding hydrogens is 358 g/mol. The zero-order valence-corrected chi connectivity index (χ0v) is 18.4. The van der Waals surface area contributed by atoms with Crippen LogP contribution in [0.4, 0.5) is 0 Å². The molecule has 0 fully saturated rings. The van der Waals surface area contributed by atoms with E-state index in [-0.39, 0.29) is 11.3 Å². The molecule has 1 aliphatic heterocycles. The van der Waals surface area contributed by atoms with Crippen LogP contribution < -0.4 is 0 Å². The lowest BCUT2D eigenvalue weighted by Gasteiger charge is -2.30. The first-order chi connectivity index (χ1) is 13.7. The lowest BCUT2D eigenvalue weighted by Crippen LogP contribution is -2.31. The smallest absolute Gasteiger partial charge is 0.168 e. The fraction of sp³-hybridized carbons (Fsp3) is 0.440. The van der Waals surface area contributed by atoms with Gasteiger partial charge in [-0.15, -0.1) is 0 Å². The van der Waals surface area contributed by atoms with Gasteiger partial charge in [-0.1, -0.05) is 42.5 Å². The second kappa shape index (κ2) is 9.02. The van der Waals surface area contributed by atoms with Gasteiger partial charge in [0.15, 0.2) is 5.78 Å². The minimum atomic E-state index is -0.177. The molecule has 0 N–H and O–H groups in total. The number of benzene rings is 2. The number of Topliss-reactive ketones (excluding diaryl/α,β-unsaturated/α-hetero) is 1. The Balaban J connectivity index is 1.82. The van der Waals surface area contributed by atoms with Gasteiger partial charge < -0.3 is 9.80 Å². The van der Waals surface area contributed by atoms with Crippen LogP contribution in [0.25, 0.3) is 0 Å². The highest BCUT2D eigenvalue weighted by atomic mass is 16.1. The molecule has 0 spiro atoms. The number of likely N-dealkylation sites (N-methyl/N-ethyl adjacent to an activating group) is 2. The molecule has 4 heteroatoms. The van der Waals surface area contributed by atoms with Gasteiger partial charge in [-0.3, -0.25) is 9.79 Å². The first kappa shape index (κ1) is 21.4. The second-order valence-electron chi connectivity index (χ2n) is 9.05. The molecule has 4 nitrogen and oxygen atoms in total. The topological polar surface area (TPSA) is 35.9 Å². The number of hydrogen-bond donors (Lipinski definition) is 0. The maximum Gasteiger partial charge on any atom is 0.168 e. The Morgan fingerprint density at radius 3 is 2.45 bits per heavy atom. The Bertz CT molecular complexity index is 884. The first-order valence-electron chi connectivity index (χ1n) is 10.4. The van der Waals surface area contributed by atoms with Crippen molar-refractivity contribution in [1.82, 2.24) is 9.80 Å². The largest absolute Gasteiger partial charge is 0.308 e. The van der Waals surface area contributed by atoms with Gasteiger partial charge in [0.1, 0.15) is 0 Å². The van der Waals surface area contributed by atoms with E-state index in [0.29, 0.717) is 6.42 Å². The number of rotatable bonds is 8. The zero-order chi connectivity index (χ0) is 21.0. The van der Waals surface area contributed by atoms with Crippen molar-refractivity contribution in [3.05, 3.63) is 70.8 Å². The molecule has 154 valence electrons. The highest BCUT2D eigenvalue weighted by Crippen LogP contribution is 2.29. The summed E-state index contributed by atoms with van der Waals surface area (Å²) in [7, 11) is 6.35. The number of nitrogens with zero attached hydrogens (tertiary/aromatic N) is 3. The predicted octanol–water partition coefficient (Wildman–Crippen LogP) is 4.08. The van der Waals surface area contributed by atoms with Crippen LogP contribution in [-0.2, 0) is 13.0 Å². The number of ketones is 1. The van der Waals surface area contributed by atoms with E-state index >= 15 is 0 Å². The Kier molecular flexibility index (Phi) is 6.66. The molecule has 3 rings (SSSR count). The Labute approximate surface area is 175 Å². The molecule has 0 atom stereocenters. The molecule has 0 radical (unpaired) electrons. The van der Waals surface area contributed by atoms with Crippen molar-refractivity contribution in [3.63, 3.8) is 0 Å². The third-order valence-electron chi connectivity index (χ3n) is 5.35. The molecule has 0 amide bonds. The van der Waals surface area contributed by atoms with E-state index in [2.05, 4.69) is 63.0 Å². The zero-order valence-electron chi connectivity index (χ0n) is 18.4. The van der Waals surface area contributed by atoms with Crippen molar-refractivity contribution in [2.75, 3.05) is 34.2 Å². The lowest BCUT2D eigenvalue weighted by molar-refractivity contribution is 0.100. The van der Waals surface area contributed by atoms with E-state index < -0.39 is 0 Å². The van der Waals surface area contributed by atoms with Gasteiger partial charge in [0.05, 0.1) is 17.7 Å². The summed E-state index contributed by atoms with van der Waals surface area (Å²) in [5.41, 5.74) is 5.20. The molecule has 2 aromatic carbocycles. The summed E-state index contributed by atoms with van der Waals surface area (Å²) < 4.78 is 0. The summed E-state index contributed by atoms with van der Waals surface area (Å²) in [6.45, 7) is 7.24. The Morgan fingerprint density at radius 2 is 1.76 bits per heavy atom. The SMILES string of the molecule is CN(C)CCN(C)Cc1ccc2c(c1)C(CC(=O)c1ccccc1)=NC(C)(C)C2. The summed E-state index contributed by atoms with van der Waals surface area (Å²) >= 11 is 0. The summed E-state index contributed by atoms with van der Waals surface area (Å²) in [6.07, 6.45) is 1.25. The van der Waals surface area contributed by atoms with Crippen molar-refractivity contribution in [3.8, 4) is 0 Å². The van der Waals surface area contributed by atoms with Gasteiger partial charge in [-0.2, -0.15) is 0 Å². The van der Waals surface area contributed by atoms with Gasteiger partial charge >= 0.3 is 0 Å². The van der Waals surface area contributed by atoms with E-state index in [9.17, 15) is 4.79 Å². The Morgan fingerprint density at radius 1 is 1.03 bits per heavy atom. The van der Waals surface area contributed by atoms with Crippen molar-refractivity contribution in [2.24, 2.45) is 4.99 Å². The molecule has 1 heterocycles. The lowest BCUT2D eigenvalue weighted by atomic mass is 9.84. The molecule has 0 aliphatic carbocycles. The van der Waals surface area contributed by atoms with Gasteiger partial charge in [-0.05, 0) is 64.2 Å². The van der Waals surface area contributed by atoms with E-state index in [1.807, 2.05) is 30.3 Å². The van der Waals surface area contributed by atoms with Gasteiger partial charge in [0, 0.05) is 25.2 Å². The van der Waals surface area contributed by atoms with Crippen LogP contribution in [0.5, 0.6) is 0 Å². The van der Waals surface area contributed by atoms with Crippen LogP contribution >= 0.6 is 0 Å². The van der Waals surface area contributed by atoms with Crippen molar-refractivity contribution in [1.29, 1.82) is 0 Å². The van der Waals surface area contributed by atoms with Crippen LogP contribution in [0, 0.1) is 0 Å². The van der Waals surface area contributed by atoms with Gasteiger partial charge in [-0.25, -0.2) is 0 Å². The number of aliphatic imine (C=N–C) groups is 1. The molecule has 1 aliphatic rings. The molecule has 2 aromatic rings. The van der Waals surface area contributed by atoms with Crippen LogP contribution in [0.1, 0.15) is 47.3 Å². The quantitative estimate of drug-likeness (QED) is 0.636. The summed E-state index contributed by atoms with van der Waals surface area (Å²) in [4.78, 5) is 22.4. The molecule has 0 saturated carbocycles. The summed E-state index contributed by atoms with van der Waals surface area (Å²) in [5.74, 6) is 0.126. The first-order valence-corrected chi connectivity index (χ1v) is 10.4. The van der Waals surface area contributed by atoms with Crippen molar-refractivity contribution >= 4 is 11.5 Å².